The van der Waals surface area contributed by atoms with Crippen LogP contribution >= 0.6 is 11.3 Å². The molecule has 16 heavy (non-hydrogen) atoms. The number of fused-ring (bicyclic) bond motifs is 1. The highest BCUT2D eigenvalue weighted by Gasteiger charge is 2.41. The van der Waals surface area contributed by atoms with E-state index in [0.29, 0.717) is 6.04 Å². The molecule has 1 N–H and O–H groups in total. The third-order valence-electron chi connectivity index (χ3n) is 4.08. The largest absolute Gasteiger partial charge is 0.384 e. The first-order chi connectivity index (χ1) is 7.67. The third kappa shape index (κ3) is 1.71. The van der Waals surface area contributed by atoms with Crippen LogP contribution in [0, 0.1) is 6.92 Å². The quantitative estimate of drug-likeness (QED) is 0.811. The molecule has 0 bridgehead atoms. The van der Waals surface area contributed by atoms with E-state index in [1.54, 1.807) is 11.3 Å². The molecule has 3 heterocycles. The molecule has 2 aliphatic rings. The maximum atomic E-state index is 10.8. The van der Waals surface area contributed by atoms with E-state index in [1.807, 2.05) is 0 Å². The monoisotopic (exact) mass is 237 g/mol. The summed E-state index contributed by atoms with van der Waals surface area (Å²) in [4.78, 5) is 5.03. The summed E-state index contributed by atoms with van der Waals surface area (Å²) in [5.74, 6) is 0. The molecule has 3 rings (SSSR count). The average Bonchev–Trinajstić information content (AvgIpc) is 2.85. The SMILES string of the molecule is Cc1ccc(C2(O)CCN3CCCC3C2)s1. The molecular formula is C13H19NOS. The van der Waals surface area contributed by atoms with Gasteiger partial charge >= 0.3 is 0 Å². The van der Waals surface area contributed by atoms with Gasteiger partial charge in [-0.05, 0) is 51.3 Å². The molecule has 0 saturated carbocycles. The molecule has 2 nitrogen and oxygen atoms in total. The van der Waals surface area contributed by atoms with Crippen LogP contribution in [0.25, 0.3) is 0 Å². The second kappa shape index (κ2) is 3.83. The van der Waals surface area contributed by atoms with Crippen molar-refractivity contribution in [2.75, 3.05) is 13.1 Å². The van der Waals surface area contributed by atoms with E-state index >= 15 is 0 Å². The van der Waals surface area contributed by atoms with Crippen LogP contribution in [0.1, 0.15) is 35.4 Å². The van der Waals surface area contributed by atoms with Crippen molar-refractivity contribution in [3.05, 3.63) is 21.9 Å². The molecule has 2 aliphatic heterocycles. The molecule has 0 amide bonds. The molecule has 1 aromatic heterocycles. The molecule has 1 aromatic rings. The van der Waals surface area contributed by atoms with Gasteiger partial charge < -0.3 is 10.0 Å². The summed E-state index contributed by atoms with van der Waals surface area (Å²) in [6.45, 7) is 4.42. The van der Waals surface area contributed by atoms with Crippen molar-refractivity contribution < 1.29 is 5.11 Å². The minimum Gasteiger partial charge on any atom is -0.384 e. The molecule has 0 spiro atoms. The molecule has 2 unspecified atom stereocenters. The lowest BCUT2D eigenvalue weighted by molar-refractivity contribution is -0.0381. The Morgan fingerprint density at radius 2 is 2.31 bits per heavy atom. The zero-order chi connectivity index (χ0) is 11.2. The second-order valence-corrected chi connectivity index (χ2v) is 6.52. The fourth-order valence-corrected chi connectivity index (χ4v) is 4.14. The Morgan fingerprint density at radius 3 is 3.06 bits per heavy atom. The number of piperidine rings is 1. The van der Waals surface area contributed by atoms with Gasteiger partial charge in [-0.2, -0.15) is 0 Å². The van der Waals surface area contributed by atoms with E-state index in [9.17, 15) is 5.11 Å². The van der Waals surface area contributed by atoms with Crippen molar-refractivity contribution in [3.8, 4) is 0 Å². The number of hydrogen-bond donors (Lipinski definition) is 1. The van der Waals surface area contributed by atoms with Crippen molar-refractivity contribution in [3.63, 3.8) is 0 Å². The first-order valence-electron chi connectivity index (χ1n) is 6.21. The number of aryl methyl sites for hydroxylation is 1. The van der Waals surface area contributed by atoms with Gasteiger partial charge in [0.2, 0.25) is 0 Å². The first kappa shape index (κ1) is 10.8. The lowest BCUT2D eigenvalue weighted by Gasteiger charge is -2.40. The lowest BCUT2D eigenvalue weighted by atomic mass is 9.85. The third-order valence-corrected chi connectivity index (χ3v) is 5.28. The van der Waals surface area contributed by atoms with Crippen LogP contribution in [0.4, 0.5) is 0 Å². The van der Waals surface area contributed by atoms with Gasteiger partial charge in [0.1, 0.15) is 5.60 Å². The van der Waals surface area contributed by atoms with Crippen molar-refractivity contribution in [2.45, 2.75) is 44.2 Å². The van der Waals surface area contributed by atoms with Gasteiger partial charge in [-0.15, -0.1) is 11.3 Å². The zero-order valence-electron chi connectivity index (χ0n) is 9.78. The fourth-order valence-electron chi connectivity index (χ4n) is 3.15. The Labute approximate surface area is 101 Å². The van der Waals surface area contributed by atoms with Crippen LogP contribution in [0.15, 0.2) is 12.1 Å². The smallest absolute Gasteiger partial charge is 0.101 e. The van der Waals surface area contributed by atoms with E-state index in [2.05, 4.69) is 24.0 Å². The summed E-state index contributed by atoms with van der Waals surface area (Å²) in [6.07, 6.45) is 4.42. The van der Waals surface area contributed by atoms with Crippen molar-refractivity contribution in [1.82, 2.24) is 4.90 Å². The summed E-state index contributed by atoms with van der Waals surface area (Å²) in [5, 5.41) is 10.8. The Bertz CT molecular complexity index is 389. The predicted octanol–water partition coefficient (Wildman–Crippen LogP) is 2.50. The Hall–Kier alpha value is -0.380. The van der Waals surface area contributed by atoms with Crippen LogP contribution in [0.5, 0.6) is 0 Å². The van der Waals surface area contributed by atoms with Crippen molar-refractivity contribution >= 4 is 11.3 Å². The standard InChI is InChI=1S/C13H19NOS/c1-10-4-5-12(16-10)13(15)6-8-14-7-2-3-11(14)9-13/h4-5,11,15H,2-3,6-9H2,1H3. The molecule has 0 aliphatic carbocycles. The maximum absolute atomic E-state index is 10.8. The van der Waals surface area contributed by atoms with Gasteiger partial charge in [-0.1, -0.05) is 0 Å². The van der Waals surface area contributed by atoms with Gasteiger partial charge in [0.15, 0.2) is 0 Å². The minimum atomic E-state index is -0.537. The highest BCUT2D eigenvalue weighted by Crippen LogP contribution is 2.41. The van der Waals surface area contributed by atoms with Gasteiger partial charge in [0.05, 0.1) is 0 Å². The summed E-state index contributed by atoms with van der Waals surface area (Å²) >= 11 is 1.76. The summed E-state index contributed by atoms with van der Waals surface area (Å²) in [5.41, 5.74) is -0.537. The molecule has 0 aromatic carbocycles. The van der Waals surface area contributed by atoms with Crippen LogP contribution in [-0.2, 0) is 5.60 Å². The van der Waals surface area contributed by atoms with E-state index in [1.165, 1.54) is 29.1 Å². The highest BCUT2D eigenvalue weighted by atomic mass is 32.1. The molecule has 3 heteroatoms. The predicted molar refractivity (Wildman–Crippen MR) is 66.8 cm³/mol. The van der Waals surface area contributed by atoms with E-state index < -0.39 is 5.60 Å². The average molecular weight is 237 g/mol. The maximum Gasteiger partial charge on any atom is 0.101 e. The number of nitrogens with zero attached hydrogens (tertiary/aromatic N) is 1. The van der Waals surface area contributed by atoms with Crippen LogP contribution < -0.4 is 0 Å². The zero-order valence-corrected chi connectivity index (χ0v) is 10.6. The summed E-state index contributed by atoms with van der Waals surface area (Å²) < 4.78 is 0. The van der Waals surface area contributed by atoms with Gasteiger partial charge in [0.25, 0.3) is 0 Å². The topological polar surface area (TPSA) is 23.5 Å². The van der Waals surface area contributed by atoms with Crippen LogP contribution in [0.2, 0.25) is 0 Å². The second-order valence-electron chi connectivity index (χ2n) is 5.23. The van der Waals surface area contributed by atoms with Gasteiger partial charge in [0, 0.05) is 22.3 Å². The normalized spacial score (nSPS) is 35.2. The van der Waals surface area contributed by atoms with Crippen molar-refractivity contribution in [2.24, 2.45) is 0 Å². The first-order valence-corrected chi connectivity index (χ1v) is 7.02. The highest BCUT2D eigenvalue weighted by molar-refractivity contribution is 7.12. The molecule has 2 atom stereocenters. The Balaban J connectivity index is 1.83. The lowest BCUT2D eigenvalue weighted by Crippen LogP contribution is -2.45. The Morgan fingerprint density at radius 1 is 1.44 bits per heavy atom. The van der Waals surface area contributed by atoms with Crippen molar-refractivity contribution in [1.29, 1.82) is 0 Å². The number of aliphatic hydroxyl groups is 1. The Kier molecular flexibility index (Phi) is 2.57. The summed E-state index contributed by atoms with van der Waals surface area (Å²) in [6, 6.07) is 4.87. The number of rotatable bonds is 1. The molecule has 88 valence electrons. The molecule has 2 fully saturated rings. The molecule has 2 saturated heterocycles. The number of thiophene rings is 1. The number of hydrogen-bond acceptors (Lipinski definition) is 3. The summed E-state index contributed by atoms with van der Waals surface area (Å²) in [7, 11) is 0. The minimum absolute atomic E-state index is 0.537. The van der Waals surface area contributed by atoms with Crippen LogP contribution in [0.3, 0.4) is 0 Å². The van der Waals surface area contributed by atoms with Gasteiger partial charge in [-0.3, -0.25) is 0 Å². The fraction of sp³-hybridized carbons (Fsp3) is 0.692. The van der Waals surface area contributed by atoms with Crippen LogP contribution in [-0.4, -0.2) is 29.1 Å². The van der Waals surface area contributed by atoms with Gasteiger partial charge in [-0.25, -0.2) is 0 Å². The van der Waals surface area contributed by atoms with E-state index in [4.69, 9.17) is 0 Å². The molecular weight excluding hydrogens is 218 g/mol. The van der Waals surface area contributed by atoms with E-state index in [-0.39, 0.29) is 0 Å². The molecule has 0 radical (unpaired) electrons. The van der Waals surface area contributed by atoms with E-state index in [0.717, 1.165) is 19.4 Å².